The number of hydrogen-bond acceptors (Lipinski definition) is 6. The molecule has 0 spiro atoms. The summed E-state index contributed by atoms with van der Waals surface area (Å²) in [5.41, 5.74) is 1.94. The largest absolute Gasteiger partial charge is 0.465 e. The molecule has 1 saturated heterocycles. The molecule has 0 aliphatic carbocycles. The molecule has 0 aromatic carbocycles. The Bertz CT molecular complexity index is 1040. The number of amides is 1. The molecule has 3 aromatic rings. The minimum absolute atomic E-state index is 0.440. The second kappa shape index (κ2) is 6.92. The first kappa shape index (κ1) is 16.8. The van der Waals surface area contributed by atoms with Crippen LogP contribution in [0.3, 0.4) is 0 Å². The number of aromatic nitrogens is 4. The van der Waals surface area contributed by atoms with Crippen LogP contribution in [0.1, 0.15) is 12.0 Å². The molecule has 136 valence electrons. The summed E-state index contributed by atoms with van der Waals surface area (Å²) in [5.74, 6) is 1.26. The van der Waals surface area contributed by atoms with Gasteiger partial charge in [-0.05, 0) is 24.6 Å². The van der Waals surface area contributed by atoms with Gasteiger partial charge < -0.3 is 14.9 Å². The van der Waals surface area contributed by atoms with E-state index in [2.05, 4.69) is 25.9 Å². The lowest BCUT2D eigenvalue weighted by Crippen LogP contribution is -2.34. The van der Waals surface area contributed by atoms with Gasteiger partial charge in [0.2, 0.25) is 0 Å². The molecule has 1 N–H and O–H groups in total. The zero-order chi connectivity index (χ0) is 18.8. The van der Waals surface area contributed by atoms with Gasteiger partial charge in [-0.3, -0.25) is 4.40 Å². The van der Waals surface area contributed by atoms with Crippen molar-refractivity contribution in [3.05, 3.63) is 42.4 Å². The second-order valence-electron chi connectivity index (χ2n) is 6.25. The van der Waals surface area contributed by atoms with Gasteiger partial charge in [-0.15, -0.1) is 0 Å². The lowest BCUT2D eigenvalue weighted by atomic mass is 10.3. The Morgan fingerprint density at radius 3 is 2.85 bits per heavy atom. The van der Waals surface area contributed by atoms with Crippen LogP contribution in [0.15, 0.2) is 36.8 Å². The molecule has 1 amide bonds. The van der Waals surface area contributed by atoms with Crippen molar-refractivity contribution in [1.82, 2.24) is 24.3 Å². The fourth-order valence-corrected chi connectivity index (χ4v) is 3.20. The third kappa shape index (κ3) is 3.25. The Labute approximate surface area is 155 Å². The number of carbonyl (C=O) groups is 1. The number of hydrogen-bond donors (Lipinski definition) is 1. The monoisotopic (exact) mass is 363 g/mol. The third-order valence-electron chi connectivity index (χ3n) is 4.60. The van der Waals surface area contributed by atoms with Crippen LogP contribution in [0.2, 0.25) is 0 Å². The van der Waals surface area contributed by atoms with Gasteiger partial charge in [0.15, 0.2) is 5.82 Å². The molecule has 0 radical (unpaired) electrons. The van der Waals surface area contributed by atoms with E-state index < -0.39 is 6.09 Å². The van der Waals surface area contributed by atoms with Gasteiger partial charge in [-0.25, -0.2) is 19.7 Å². The number of rotatable bonds is 2. The Hall–Kier alpha value is -3.67. The summed E-state index contributed by atoms with van der Waals surface area (Å²) >= 11 is 0. The van der Waals surface area contributed by atoms with Crippen molar-refractivity contribution in [2.24, 2.45) is 0 Å². The zero-order valence-corrected chi connectivity index (χ0v) is 14.5. The Balaban J connectivity index is 1.65. The quantitative estimate of drug-likeness (QED) is 0.739. The normalized spacial score (nSPS) is 14.8. The van der Waals surface area contributed by atoms with Crippen molar-refractivity contribution in [2.45, 2.75) is 6.42 Å². The molecule has 0 unspecified atom stereocenters. The van der Waals surface area contributed by atoms with Gasteiger partial charge in [0.05, 0.1) is 11.8 Å². The first-order chi connectivity index (χ1) is 13.2. The summed E-state index contributed by atoms with van der Waals surface area (Å²) in [7, 11) is 0. The minimum atomic E-state index is -0.890. The maximum atomic E-state index is 11.2. The predicted molar refractivity (Wildman–Crippen MR) is 97.4 cm³/mol. The number of nitriles is 1. The highest BCUT2D eigenvalue weighted by atomic mass is 16.4. The van der Waals surface area contributed by atoms with E-state index in [-0.39, 0.29) is 0 Å². The lowest BCUT2D eigenvalue weighted by Gasteiger charge is -2.21. The molecule has 3 aromatic heterocycles. The molecule has 1 aliphatic rings. The average molecular weight is 363 g/mol. The van der Waals surface area contributed by atoms with Crippen molar-refractivity contribution in [3.63, 3.8) is 0 Å². The van der Waals surface area contributed by atoms with Crippen LogP contribution in [0.25, 0.3) is 17.2 Å². The van der Waals surface area contributed by atoms with E-state index in [1.807, 2.05) is 6.07 Å². The summed E-state index contributed by atoms with van der Waals surface area (Å²) in [4.78, 5) is 28.0. The van der Waals surface area contributed by atoms with Gasteiger partial charge >= 0.3 is 6.09 Å². The molecule has 9 nitrogen and oxygen atoms in total. The van der Waals surface area contributed by atoms with Crippen LogP contribution in [-0.4, -0.2) is 61.6 Å². The number of nitrogens with zero attached hydrogens (tertiary/aromatic N) is 7. The first-order valence-corrected chi connectivity index (χ1v) is 8.59. The standard InChI is InChI=1S/C18H17N7O2/c19-10-13-2-3-15-21-11-14(25(15)12-13)17-20-5-4-16(22-17)23-6-1-7-24(9-8-23)18(26)27/h2-5,11-12H,1,6-9H2,(H,26,27). The highest BCUT2D eigenvalue weighted by Crippen LogP contribution is 2.21. The molecule has 4 heterocycles. The smallest absolute Gasteiger partial charge is 0.407 e. The van der Waals surface area contributed by atoms with Gasteiger partial charge in [-0.2, -0.15) is 5.26 Å². The number of imidazole rings is 1. The molecular weight excluding hydrogens is 346 g/mol. The van der Waals surface area contributed by atoms with E-state index in [9.17, 15) is 9.90 Å². The van der Waals surface area contributed by atoms with Crippen molar-refractivity contribution in [2.75, 3.05) is 31.1 Å². The Morgan fingerprint density at radius 1 is 1.15 bits per heavy atom. The van der Waals surface area contributed by atoms with E-state index in [0.29, 0.717) is 42.4 Å². The summed E-state index contributed by atoms with van der Waals surface area (Å²) in [6.07, 6.45) is 4.94. The maximum absolute atomic E-state index is 11.2. The summed E-state index contributed by atoms with van der Waals surface area (Å²) < 4.78 is 1.80. The minimum Gasteiger partial charge on any atom is -0.465 e. The first-order valence-electron chi connectivity index (χ1n) is 8.59. The van der Waals surface area contributed by atoms with Crippen LogP contribution >= 0.6 is 0 Å². The van der Waals surface area contributed by atoms with Crippen molar-refractivity contribution < 1.29 is 9.90 Å². The maximum Gasteiger partial charge on any atom is 0.407 e. The molecule has 1 aliphatic heterocycles. The molecule has 1 fully saturated rings. The summed E-state index contributed by atoms with van der Waals surface area (Å²) in [6.45, 7) is 2.27. The Kier molecular flexibility index (Phi) is 4.30. The SMILES string of the molecule is N#Cc1ccc2ncc(-c3nccc(N4CCCN(C(=O)O)CC4)n3)n2c1. The van der Waals surface area contributed by atoms with E-state index >= 15 is 0 Å². The van der Waals surface area contributed by atoms with E-state index in [0.717, 1.165) is 18.8 Å². The van der Waals surface area contributed by atoms with Gasteiger partial charge in [0, 0.05) is 38.6 Å². The van der Waals surface area contributed by atoms with Crippen molar-refractivity contribution in [3.8, 4) is 17.6 Å². The fourth-order valence-electron chi connectivity index (χ4n) is 3.20. The molecule has 0 atom stereocenters. The van der Waals surface area contributed by atoms with Crippen LogP contribution in [0, 0.1) is 11.3 Å². The van der Waals surface area contributed by atoms with Crippen molar-refractivity contribution in [1.29, 1.82) is 5.26 Å². The molecule has 9 heteroatoms. The van der Waals surface area contributed by atoms with E-state index in [1.165, 1.54) is 4.90 Å². The Morgan fingerprint density at radius 2 is 2.04 bits per heavy atom. The molecule has 0 saturated carbocycles. The third-order valence-corrected chi connectivity index (χ3v) is 4.60. The highest BCUT2D eigenvalue weighted by Gasteiger charge is 2.20. The molecular formula is C18H17N7O2. The molecule has 4 rings (SSSR count). The van der Waals surface area contributed by atoms with E-state index in [4.69, 9.17) is 5.26 Å². The van der Waals surface area contributed by atoms with Crippen molar-refractivity contribution >= 4 is 17.6 Å². The van der Waals surface area contributed by atoms with Crippen LogP contribution < -0.4 is 4.90 Å². The van der Waals surface area contributed by atoms with Gasteiger partial charge in [0.25, 0.3) is 0 Å². The van der Waals surface area contributed by atoms with Gasteiger partial charge in [0.1, 0.15) is 23.2 Å². The number of anilines is 1. The number of carboxylic acid groups (broad SMARTS) is 1. The molecule has 27 heavy (non-hydrogen) atoms. The predicted octanol–water partition coefficient (Wildman–Crippen LogP) is 1.85. The van der Waals surface area contributed by atoms with Crippen LogP contribution in [0.5, 0.6) is 0 Å². The summed E-state index contributed by atoms with van der Waals surface area (Å²) in [6, 6.07) is 7.44. The summed E-state index contributed by atoms with van der Waals surface area (Å²) in [5, 5.41) is 18.3. The zero-order valence-electron chi connectivity index (χ0n) is 14.5. The lowest BCUT2D eigenvalue weighted by molar-refractivity contribution is 0.148. The highest BCUT2D eigenvalue weighted by molar-refractivity contribution is 5.65. The average Bonchev–Trinajstić information content (AvgIpc) is 2.94. The van der Waals surface area contributed by atoms with Gasteiger partial charge in [-0.1, -0.05) is 0 Å². The number of fused-ring (bicyclic) bond motifs is 1. The topological polar surface area (TPSA) is 111 Å². The fraction of sp³-hybridized carbons (Fsp3) is 0.278. The van der Waals surface area contributed by atoms with Crippen LogP contribution in [-0.2, 0) is 0 Å². The van der Waals surface area contributed by atoms with E-state index in [1.54, 1.807) is 35.1 Å². The molecule has 0 bridgehead atoms. The second-order valence-corrected chi connectivity index (χ2v) is 6.25. The van der Waals surface area contributed by atoms with Crippen LogP contribution in [0.4, 0.5) is 10.6 Å². The number of pyridine rings is 1.